The summed E-state index contributed by atoms with van der Waals surface area (Å²) in [6.45, 7) is 2.51. The largest absolute Gasteiger partial charge is 0.492 e. The lowest BCUT2D eigenvalue weighted by atomic mass is 10.1. The highest BCUT2D eigenvalue weighted by Crippen LogP contribution is 2.30. The van der Waals surface area contributed by atoms with Crippen LogP contribution in [0.2, 0.25) is 0 Å². The van der Waals surface area contributed by atoms with Crippen molar-refractivity contribution < 1.29 is 9.84 Å². The predicted octanol–water partition coefficient (Wildman–Crippen LogP) is 3.39. The first kappa shape index (κ1) is 12.5. The molecule has 0 fully saturated rings. The van der Waals surface area contributed by atoms with E-state index in [0.717, 1.165) is 14.9 Å². The van der Waals surface area contributed by atoms with Gasteiger partial charge in [0.2, 0.25) is 0 Å². The first-order chi connectivity index (χ1) is 8.20. The van der Waals surface area contributed by atoms with E-state index in [1.807, 2.05) is 24.4 Å². The van der Waals surface area contributed by atoms with Crippen LogP contribution in [0.15, 0.2) is 34.4 Å². The molecule has 0 aliphatic carbocycles. The molecule has 90 valence electrons. The number of ether oxygens (including phenoxy) is 1. The molecule has 17 heavy (non-hydrogen) atoms. The summed E-state index contributed by atoms with van der Waals surface area (Å²) in [5, 5.41) is 12.1. The van der Waals surface area contributed by atoms with Crippen molar-refractivity contribution in [1.82, 2.24) is 4.98 Å². The Morgan fingerprint density at radius 2 is 2.29 bits per heavy atom. The standard InChI is InChI=1S/C12H12BrNO2S/c1-2-16-10-3-8(5-14-6-10)12(15)11-4-9(13)7-17-11/h3-7,12,15H,2H2,1H3. The average molecular weight is 314 g/mol. The summed E-state index contributed by atoms with van der Waals surface area (Å²) in [5.41, 5.74) is 0.741. The van der Waals surface area contributed by atoms with Crippen LogP contribution in [0.3, 0.4) is 0 Å². The van der Waals surface area contributed by atoms with Crippen LogP contribution in [0.4, 0.5) is 0 Å². The van der Waals surface area contributed by atoms with Gasteiger partial charge in [0.25, 0.3) is 0 Å². The van der Waals surface area contributed by atoms with Crippen LogP contribution in [0.25, 0.3) is 0 Å². The third-order valence-corrected chi connectivity index (χ3v) is 3.96. The number of pyridine rings is 1. The van der Waals surface area contributed by atoms with Gasteiger partial charge in [0.15, 0.2) is 0 Å². The molecule has 0 saturated carbocycles. The minimum Gasteiger partial charge on any atom is -0.492 e. The number of aliphatic hydroxyl groups excluding tert-OH is 1. The van der Waals surface area contributed by atoms with E-state index >= 15 is 0 Å². The summed E-state index contributed by atoms with van der Waals surface area (Å²) >= 11 is 4.88. The van der Waals surface area contributed by atoms with E-state index in [9.17, 15) is 5.11 Å². The van der Waals surface area contributed by atoms with E-state index in [0.29, 0.717) is 12.4 Å². The van der Waals surface area contributed by atoms with Crippen molar-refractivity contribution in [2.75, 3.05) is 6.61 Å². The molecule has 3 nitrogen and oxygen atoms in total. The third-order valence-electron chi connectivity index (χ3n) is 2.22. The Kier molecular flexibility index (Phi) is 4.15. The first-order valence-corrected chi connectivity index (χ1v) is 6.87. The number of rotatable bonds is 4. The molecular formula is C12H12BrNO2S. The Labute approximate surface area is 112 Å². The van der Waals surface area contributed by atoms with Crippen molar-refractivity contribution >= 4 is 27.3 Å². The summed E-state index contributed by atoms with van der Waals surface area (Å²) in [7, 11) is 0. The Hall–Kier alpha value is -0.910. The van der Waals surface area contributed by atoms with Gasteiger partial charge in [0.1, 0.15) is 11.9 Å². The smallest absolute Gasteiger partial charge is 0.137 e. The van der Waals surface area contributed by atoms with Gasteiger partial charge >= 0.3 is 0 Å². The van der Waals surface area contributed by atoms with Crippen LogP contribution in [-0.4, -0.2) is 16.7 Å². The molecule has 0 bridgehead atoms. The zero-order valence-electron chi connectivity index (χ0n) is 9.26. The van der Waals surface area contributed by atoms with E-state index in [4.69, 9.17) is 4.74 Å². The molecular weight excluding hydrogens is 302 g/mol. The van der Waals surface area contributed by atoms with Gasteiger partial charge in [-0.25, -0.2) is 0 Å². The molecule has 1 unspecified atom stereocenters. The van der Waals surface area contributed by atoms with Crippen LogP contribution in [0.5, 0.6) is 5.75 Å². The van der Waals surface area contributed by atoms with Gasteiger partial charge in [0, 0.05) is 26.5 Å². The lowest BCUT2D eigenvalue weighted by molar-refractivity contribution is 0.222. The molecule has 0 aliphatic rings. The SMILES string of the molecule is CCOc1cncc(C(O)c2cc(Br)cs2)c1. The Morgan fingerprint density at radius 1 is 1.47 bits per heavy atom. The molecule has 2 aromatic rings. The van der Waals surface area contributed by atoms with Gasteiger partial charge in [-0.1, -0.05) is 0 Å². The molecule has 1 N–H and O–H groups in total. The molecule has 5 heteroatoms. The number of thiophene rings is 1. The van der Waals surface area contributed by atoms with Crippen LogP contribution in [0.1, 0.15) is 23.5 Å². The van der Waals surface area contributed by atoms with Gasteiger partial charge in [-0.05, 0) is 35.0 Å². The Balaban J connectivity index is 2.24. The van der Waals surface area contributed by atoms with E-state index in [2.05, 4.69) is 20.9 Å². The summed E-state index contributed by atoms with van der Waals surface area (Å²) in [4.78, 5) is 4.95. The van der Waals surface area contributed by atoms with Crippen molar-refractivity contribution in [2.24, 2.45) is 0 Å². The van der Waals surface area contributed by atoms with E-state index in [-0.39, 0.29) is 0 Å². The van der Waals surface area contributed by atoms with Crippen molar-refractivity contribution in [2.45, 2.75) is 13.0 Å². The highest BCUT2D eigenvalue weighted by molar-refractivity contribution is 9.10. The number of aromatic nitrogens is 1. The second-order valence-corrected chi connectivity index (χ2v) is 5.32. The van der Waals surface area contributed by atoms with E-state index < -0.39 is 6.10 Å². The van der Waals surface area contributed by atoms with Gasteiger partial charge in [-0.15, -0.1) is 11.3 Å². The fraction of sp³-hybridized carbons (Fsp3) is 0.250. The predicted molar refractivity (Wildman–Crippen MR) is 71.5 cm³/mol. The molecule has 0 aliphatic heterocycles. The molecule has 0 aromatic carbocycles. The molecule has 0 amide bonds. The topological polar surface area (TPSA) is 42.4 Å². The van der Waals surface area contributed by atoms with Crippen molar-refractivity contribution in [3.05, 3.63) is 44.8 Å². The van der Waals surface area contributed by atoms with Crippen molar-refractivity contribution in [1.29, 1.82) is 0 Å². The second kappa shape index (κ2) is 5.62. The lowest BCUT2D eigenvalue weighted by Crippen LogP contribution is -1.99. The zero-order chi connectivity index (χ0) is 12.3. The Bertz CT molecular complexity index is 501. The minimum absolute atomic E-state index is 0.589. The fourth-order valence-electron chi connectivity index (χ4n) is 1.47. The molecule has 2 rings (SSSR count). The highest BCUT2D eigenvalue weighted by Gasteiger charge is 2.13. The Morgan fingerprint density at radius 3 is 2.94 bits per heavy atom. The van der Waals surface area contributed by atoms with Gasteiger partial charge in [-0.2, -0.15) is 0 Å². The summed E-state index contributed by atoms with van der Waals surface area (Å²) in [6, 6.07) is 3.72. The van der Waals surface area contributed by atoms with E-state index in [1.54, 1.807) is 12.4 Å². The number of aliphatic hydroxyl groups is 1. The van der Waals surface area contributed by atoms with E-state index in [1.165, 1.54) is 11.3 Å². The van der Waals surface area contributed by atoms with Gasteiger partial charge in [0.05, 0.1) is 12.8 Å². The third kappa shape index (κ3) is 3.06. The van der Waals surface area contributed by atoms with Gasteiger partial charge in [-0.3, -0.25) is 4.98 Å². The quantitative estimate of drug-likeness (QED) is 0.940. The molecule has 2 heterocycles. The van der Waals surface area contributed by atoms with Crippen LogP contribution < -0.4 is 4.74 Å². The van der Waals surface area contributed by atoms with Crippen LogP contribution in [0, 0.1) is 0 Å². The van der Waals surface area contributed by atoms with Crippen molar-refractivity contribution in [3.8, 4) is 5.75 Å². The summed E-state index contributed by atoms with van der Waals surface area (Å²) < 4.78 is 6.34. The minimum atomic E-state index is -0.654. The zero-order valence-corrected chi connectivity index (χ0v) is 11.7. The highest BCUT2D eigenvalue weighted by atomic mass is 79.9. The molecule has 2 aromatic heterocycles. The summed E-state index contributed by atoms with van der Waals surface area (Å²) in [5.74, 6) is 0.680. The second-order valence-electron chi connectivity index (χ2n) is 3.46. The molecule has 0 spiro atoms. The lowest BCUT2D eigenvalue weighted by Gasteiger charge is -2.10. The average Bonchev–Trinajstić information content (AvgIpc) is 2.76. The molecule has 0 saturated heterocycles. The van der Waals surface area contributed by atoms with Crippen LogP contribution in [-0.2, 0) is 0 Å². The number of nitrogens with zero attached hydrogens (tertiary/aromatic N) is 1. The number of hydrogen-bond acceptors (Lipinski definition) is 4. The number of hydrogen-bond donors (Lipinski definition) is 1. The van der Waals surface area contributed by atoms with Gasteiger partial charge < -0.3 is 9.84 Å². The maximum absolute atomic E-state index is 10.2. The van der Waals surface area contributed by atoms with Crippen molar-refractivity contribution in [3.63, 3.8) is 0 Å². The molecule has 0 radical (unpaired) electrons. The summed E-state index contributed by atoms with van der Waals surface area (Å²) in [6.07, 6.45) is 2.64. The number of halogens is 1. The maximum atomic E-state index is 10.2. The van der Waals surface area contributed by atoms with Crippen LogP contribution >= 0.6 is 27.3 Å². The normalized spacial score (nSPS) is 12.4. The molecule has 1 atom stereocenters. The maximum Gasteiger partial charge on any atom is 0.137 e. The first-order valence-electron chi connectivity index (χ1n) is 5.20. The monoisotopic (exact) mass is 313 g/mol. The fourth-order valence-corrected chi connectivity index (χ4v) is 2.92.